The molecule has 0 saturated heterocycles. The van der Waals surface area contributed by atoms with Gasteiger partial charge in [0.1, 0.15) is 5.82 Å². The minimum atomic E-state index is 0.517. The average Bonchev–Trinajstić information content (AvgIpc) is 2.76. The van der Waals surface area contributed by atoms with E-state index in [1.54, 1.807) is 6.20 Å². The molecule has 2 rings (SSSR count). The molecule has 1 fully saturated rings. The van der Waals surface area contributed by atoms with Crippen LogP contribution in [0.15, 0.2) is 12.3 Å². The summed E-state index contributed by atoms with van der Waals surface area (Å²) in [6.07, 6.45) is 6.62. The van der Waals surface area contributed by atoms with E-state index in [1.807, 2.05) is 13.0 Å². The van der Waals surface area contributed by atoms with Gasteiger partial charge in [-0.2, -0.15) is 0 Å². The van der Waals surface area contributed by atoms with Gasteiger partial charge in [0.2, 0.25) is 0 Å². The highest BCUT2D eigenvalue weighted by Crippen LogP contribution is 2.18. The van der Waals surface area contributed by atoms with Gasteiger partial charge in [-0.3, -0.25) is 0 Å². The monoisotopic (exact) mass is 269 g/mol. The minimum Gasteiger partial charge on any atom is -0.360 e. The van der Waals surface area contributed by atoms with Gasteiger partial charge in [0, 0.05) is 12.2 Å². The largest absolute Gasteiger partial charge is 0.360 e. The van der Waals surface area contributed by atoms with Crippen molar-refractivity contribution in [3.05, 3.63) is 22.8 Å². The lowest BCUT2D eigenvalue weighted by atomic mass is 10.2. The zero-order chi connectivity index (χ0) is 12.3. The van der Waals surface area contributed by atoms with E-state index in [4.69, 9.17) is 23.8 Å². The lowest BCUT2D eigenvalue weighted by Gasteiger charge is -2.15. The van der Waals surface area contributed by atoms with Crippen molar-refractivity contribution in [1.82, 2.24) is 10.3 Å². The first kappa shape index (κ1) is 12.6. The van der Waals surface area contributed by atoms with Crippen molar-refractivity contribution in [1.29, 1.82) is 0 Å². The fourth-order valence-corrected chi connectivity index (χ4v) is 2.39. The molecule has 0 atom stereocenters. The molecule has 0 unspecified atom stereocenters. The number of halogens is 1. The van der Waals surface area contributed by atoms with Gasteiger partial charge >= 0.3 is 0 Å². The summed E-state index contributed by atoms with van der Waals surface area (Å²) in [5.41, 5.74) is 0.993. The molecule has 3 nitrogen and oxygen atoms in total. The highest BCUT2D eigenvalue weighted by molar-refractivity contribution is 7.80. The second-order valence-electron chi connectivity index (χ2n) is 4.40. The van der Waals surface area contributed by atoms with Crippen LogP contribution in [0, 0.1) is 6.92 Å². The first-order valence-electron chi connectivity index (χ1n) is 5.85. The Morgan fingerprint density at radius 1 is 1.47 bits per heavy atom. The summed E-state index contributed by atoms with van der Waals surface area (Å²) >= 11 is 11.2. The molecule has 0 aliphatic heterocycles. The molecule has 0 bridgehead atoms. The molecule has 92 valence electrons. The van der Waals surface area contributed by atoms with Crippen molar-refractivity contribution in [2.24, 2.45) is 0 Å². The molecule has 0 radical (unpaired) electrons. The first-order valence-corrected chi connectivity index (χ1v) is 6.63. The molecular weight excluding hydrogens is 254 g/mol. The molecule has 5 heteroatoms. The smallest absolute Gasteiger partial charge is 0.172 e. The van der Waals surface area contributed by atoms with E-state index in [0.717, 1.165) is 11.4 Å². The molecule has 1 aromatic heterocycles. The number of nitrogens with zero attached hydrogens (tertiary/aromatic N) is 1. The predicted molar refractivity (Wildman–Crippen MR) is 75.6 cm³/mol. The molecule has 17 heavy (non-hydrogen) atoms. The summed E-state index contributed by atoms with van der Waals surface area (Å²) in [7, 11) is 0. The van der Waals surface area contributed by atoms with E-state index in [1.165, 1.54) is 25.7 Å². The lowest BCUT2D eigenvalue weighted by molar-refractivity contribution is 0.634. The Balaban J connectivity index is 1.90. The molecule has 2 N–H and O–H groups in total. The third-order valence-electron chi connectivity index (χ3n) is 2.98. The van der Waals surface area contributed by atoms with Gasteiger partial charge in [-0.25, -0.2) is 4.98 Å². The van der Waals surface area contributed by atoms with Crippen molar-refractivity contribution in [3.63, 3.8) is 0 Å². The summed E-state index contributed by atoms with van der Waals surface area (Å²) < 4.78 is 0. The number of aryl methyl sites for hydroxylation is 1. The quantitative estimate of drug-likeness (QED) is 0.808. The molecule has 0 amide bonds. The molecule has 1 heterocycles. The number of thiocarbonyl (C=S) groups is 1. The average molecular weight is 270 g/mol. The molecule has 1 aliphatic carbocycles. The highest BCUT2D eigenvalue weighted by atomic mass is 35.5. The summed E-state index contributed by atoms with van der Waals surface area (Å²) in [6, 6.07) is 2.41. The Morgan fingerprint density at radius 3 is 2.82 bits per heavy atom. The van der Waals surface area contributed by atoms with Gasteiger partial charge in [-0.05, 0) is 43.6 Å². The van der Waals surface area contributed by atoms with E-state index in [9.17, 15) is 0 Å². The van der Waals surface area contributed by atoms with Gasteiger partial charge in [0.25, 0.3) is 0 Å². The summed E-state index contributed by atoms with van der Waals surface area (Å²) in [4.78, 5) is 4.18. The van der Waals surface area contributed by atoms with E-state index in [-0.39, 0.29) is 0 Å². The van der Waals surface area contributed by atoms with Crippen molar-refractivity contribution >= 4 is 34.7 Å². The zero-order valence-corrected chi connectivity index (χ0v) is 11.4. The Labute approximate surface area is 112 Å². The van der Waals surface area contributed by atoms with Gasteiger partial charge in [-0.15, -0.1) is 0 Å². The van der Waals surface area contributed by atoms with Crippen molar-refractivity contribution in [2.45, 2.75) is 38.6 Å². The zero-order valence-electron chi connectivity index (χ0n) is 9.79. The van der Waals surface area contributed by atoms with E-state index >= 15 is 0 Å². The topological polar surface area (TPSA) is 37.0 Å². The highest BCUT2D eigenvalue weighted by Gasteiger charge is 2.15. The molecule has 0 aromatic carbocycles. The molecule has 1 saturated carbocycles. The van der Waals surface area contributed by atoms with Gasteiger partial charge < -0.3 is 10.6 Å². The normalized spacial score (nSPS) is 15.9. The van der Waals surface area contributed by atoms with Crippen LogP contribution in [0.2, 0.25) is 5.02 Å². The first-order chi connectivity index (χ1) is 8.15. The van der Waals surface area contributed by atoms with Crippen LogP contribution in [0.5, 0.6) is 0 Å². The van der Waals surface area contributed by atoms with E-state index < -0.39 is 0 Å². The van der Waals surface area contributed by atoms with Crippen LogP contribution in [0.1, 0.15) is 31.2 Å². The second-order valence-corrected chi connectivity index (χ2v) is 5.21. The van der Waals surface area contributed by atoms with Gasteiger partial charge in [0.15, 0.2) is 5.11 Å². The van der Waals surface area contributed by atoms with Crippen molar-refractivity contribution in [3.8, 4) is 0 Å². The minimum absolute atomic E-state index is 0.517. The number of rotatable bonds is 2. The Bertz CT molecular complexity index is 416. The molecule has 1 aromatic rings. The number of aromatic nitrogens is 1. The second kappa shape index (κ2) is 5.65. The van der Waals surface area contributed by atoms with Crippen LogP contribution >= 0.6 is 23.8 Å². The van der Waals surface area contributed by atoms with Crippen LogP contribution in [0.25, 0.3) is 0 Å². The predicted octanol–water partition coefficient (Wildman–Crippen LogP) is 3.27. The third-order valence-corrected chi connectivity index (χ3v) is 3.59. The number of hydrogen-bond acceptors (Lipinski definition) is 2. The molecule has 1 aliphatic rings. The van der Waals surface area contributed by atoms with E-state index in [2.05, 4.69) is 15.6 Å². The summed E-state index contributed by atoms with van der Waals surface area (Å²) in [5.74, 6) is 0.738. The van der Waals surface area contributed by atoms with Gasteiger partial charge in [0.05, 0.1) is 5.02 Å². The van der Waals surface area contributed by atoms with Crippen LogP contribution in [-0.2, 0) is 0 Å². The fourth-order valence-electron chi connectivity index (χ4n) is 2.02. The number of pyridine rings is 1. The Hall–Kier alpha value is -0.870. The standard InChI is InChI=1S/C12H16ClN3S/c1-8-6-11(14-7-10(8)13)16-12(17)15-9-4-2-3-5-9/h6-7,9H,2-5H2,1H3,(H2,14,15,16,17). The summed E-state index contributed by atoms with van der Waals surface area (Å²) in [5, 5.41) is 7.71. The fraction of sp³-hybridized carbons (Fsp3) is 0.500. The maximum atomic E-state index is 5.92. The Kier molecular flexibility index (Phi) is 4.18. The van der Waals surface area contributed by atoms with Crippen LogP contribution in [0.3, 0.4) is 0 Å². The van der Waals surface area contributed by atoms with Crippen LogP contribution < -0.4 is 10.6 Å². The van der Waals surface area contributed by atoms with Crippen LogP contribution in [-0.4, -0.2) is 16.1 Å². The SMILES string of the molecule is Cc1cc(NC(=S)NC2CCCC2)ncc1Cl. The molecule has 0 spiro atoms. The number of hydrogen-bond donors (Lipinski definition) is 2. The van der Waals surface area contributed by atoms with Crippen molar-refractivity contribution in [2.75, 3.05) is 5.32 Å². The number of anilines is 1. The van der Waals surface area contributed by atoms with Crippen molar-refractivity contribution < 1.29 is 0 Å². The maximum absolute atomic E-state index is 5.92. The number of nitrogens with one attached hydrogen (secondary N) is 2. The van der Waals surface area contributed by atoms with Crippen LogP contribution in [0.4, 0.5) is 5.82 Å². The van der Waals surface area contributed by atoms with E-state index in [0.29, 0.717) is 16.2 Å². The lowest BCUT2D eigenvalue weighted by Crippen LogP contribution is -2.36. The third kappa shape index (κ3) is 3.54. The van der Waals surface area contributed by atoms with Gasteiger partial charge in [-0.1, -0.05) is 24.4 Å². The summed E-state index contributed by atoms with van der Waals surface area (Å²) in [6.45, 7) is 1.95. The Morgan fingerprint density at radius 2 is 2.18 bits per heavy atom. The maximum Gasteiger partial charge on any atom is 0.172 e. The molecular formula is C12H16ClN3S.